The van der Waals surface area contributed by atoms with Crippen LogP contribution in [0.2, 0.25) is 0 Å². The third-order valence-corrected chi connectivity index (χ3v) is 3.32. The van der Waals surface area contributed by atoms with E-state index in [0.29, 0.717) is 6.42 Å². The van der Waals surface area contributed by atoms with Crippen LogP contribution >= 0.6 is 0 Å². The number of hydrogen-bond acceptors (Lipinski definition) is 4. The standard InChI is InChI=1S/C15H22N4O/c1-4-7-19-15(17-10-18-19)9-13(16)12-8-11(2)5-6-14(12)20-3/h5-6,8,10,13H,4,7,9,16H2,1-3H3. The van der Waals surface area contributed by atoms with E-state index < -0.39 is 0 Å². The van der Waals surface area contributed by atoms with Crippen LogP contribution in [-0.2, 0) is 13.0 Å². The molecule has 2 N–H and O–H groups in total. The molecule has 0 radical (unpaired) electrons. The smallest absolute Gasteiger partial charge is 0.138 e. The lowest BCUT2D eigenvalue weighted by Gasteiger charge is -2.16. The molecule has 0 amide bonds. The first-order valence-corrected chi connectivity index (χ1v) is 6.92. The number of methoxy groups -OCH3 is 1. The van der Waals surface area contributed by atoms with Crippen molar-refractivity contribution in [2.75, 3.05) is 7.11 Å². The van der Waals surface area contributed by atoms with Gasteiger partial charge in [0.25, 0.3) is 0 Å². The molecule has 20 heavy (non-hydrogen) atoms. The zero-order valence-corrected chi connectivity index (χ0v) is 12.3. The Morgan fingerprint density at radius 1 is 1.40 bits per heavy atom. The third-order valence-electron chi connectivity index (χ3n) is 3.32. The van der Waals surface area contributed by atoms with Crippen molar-refractivity contribution in [3.05, 3.63) is 41.5 Å². The maximum absolute atomic E-state index is 6.34. The van der Waals surface area contributed by atoms with E-state index in [2.05, 4.69) is 30.0 Å². The first-order chi connectivity index (χ1) is 9.65. The molecule has 0 saturated carbocycles. The molecule has 2 aromatic rings. The van der Waals surface area contributed by atoms with Gasteiger partial charge >= 0.3 is 0 Å². The van der Waals surface area contributed by atoms with Crippen molar-refractivity contribution in [2.45, 2.75) is 39.3 Å². The summed E-state index contributed by atoms with van der Waals surface area (Å²) in [5.41, 5.74) is 8.52. The maximum Gasteiger partial charge on any atom is 0.138 e. The predicted molar refractivity (Wildman–Crippen MR) is 78.7 cm³/mol. The molecular weight excluding hydrogens is 252 g/mol. The van der Waals surface area contributed by atoms with E-state index in [9.17, 15) is 0 Å². The van der Waals surface area contributed by atoms with Crippen molar-refractivity contribution < 1.29 is 4.74 Å². The quantitative estimate of drug-likeness (QED) is 0.877. The Morgan fingerprint density at radius 2 is 2.20 bits per heavy atom. The van der Waals surface area contributed by atoms with Crippen molar-refractivity contribution in [1.29, 1.82) is 0 Å². The topological polar surface area (TPSA) is 66.0 Å². The lowest BCUT2D eigenvalue weighted by Crippen LogP contribution is -2.18. The molecule has 108 valence electrons. The molecule has 0 aliphatic carbocycles. The highest BCUT2D eigenvalue weighted by molar-refractivity contribution is 5.39. The Balaban J connectivity index is 2.21. The van der Waals surface area contributed by atoms with Gasteiger partial charge < -0.3 is 10.5 Å². The molecule has 1 aromatic heterocycles. The number of nitrogens with two attached hydrogens (primary N) is 1. The molecule has 0 bridgehead atoms. The van der Waals surface area contributed by atoms with Gasteiger partial charge in [-0.25, -0.2) is 4.98 Å². The lowest BCUT2D eigenvalue weighted by atomic mass is 10.0. The Morgan fingerprint density at radius 3 is 2.90 bits per heavy atom. The molecule has 5 heteroatoms. The van der Waals surface area contributed by atoms with Gasteiger partial charge in [0.1, 0.15) is 17.9 Å². The van der Waals surface area contributed by atoms with Gasteiger partial charge in [-0.2, -0.15) is 5.10 Å². The van der Waals surface area contributed by atoms with Crippen LogP contribution in [0, 0.1) is 6.92 Å². The molecule has 0 aliphatic heterocycles. The Kier molecular flexibility index (Phi) is 4.74. The zero-order chi connectivity index (χ0) is 14.5. The van der Waals surface area contributed by atoms with Crippen molar-refractivity contribution in [3.8, 4) is 5.75 Å². The second-order valence-corrected chi connectivity index (χ2v) is 4.96. The van der Waals surface area contributed by atoms with Gasteiger partial charge in [0.2, 0.25) is 0 Å². The van der Waals surface area contributed by atoms with Crippen LogP contribution in [0.4, 0.5) is 0 Å². The van der Waals surface area contributed by atoms with E-state index >= 15 is 0 Å². The van der Waals surface area contributed by atoms with Crippen molar-refractivity contribution in [1.82, 2.24) is 14.8 Å². The van der Waals surface area contributed by atoms with Gasteiger partial charge in [-0.05, 0) is 19.4 Å². The highest BCUT2D eigenvalue weighted by Gasteiger charge is 2.16. The summed E-state index contributed by atoms with van der Waals surface area (Å²) in [6.45, 7) is 5.04. The summed E-state index contributed by atoms with van der Waals surface area (Å²) in [6, 6.07) is 5.91. The summed E-state index contributed by atoms with van der Waals surface area (Å²) in [5, 5.41) is 4.23. The van der Waals surface area contributed by atoms with Crippen LogP contribution in [-0.4, -0.2) is 21.9 Å². The number of ether oxygens (including phenoxy) is 1. The normalized spacial score (nSPS) is 12.4. The minimum atomic E-state index is -0.148. The molecule has 0 spiro atoms. The van der Waals surface area contributed by atoms with Gasteiger partial charge in [0.15, 0.2) is 0 Å². The van der Waals surface area contributed by atoms with Crippen LogP contribution in [0.1, 0.15) is 36.3 Å². The molecule has 2 rings (SSSR count). The molecule has 1 atom stereocenters. The lowest BCUT2D eigenvalue weighted by molar-refractivity contribution is 0.404. The molecule has 5 nitrogen and oxygen atoms in total. The van der Waals surface area contributed by atoms with Crippen LogP contribution in [0.3, 0.4) is 0 Å². The third kappa shape index (κ3) is 3.17. The van der Waals surface area contributed by atoms with E-state index in [-0.39, 0.29) is 6.04 Å². The summed E-state index contributed by atoms with van der Waals surface area (Å²) < 4.78 is 7.31. The maximum atomic E-state index is 6.34. The molecule has 0 fully saturated rings. The van der Waals surface area contributed by atoms with Gasteiger partial charge in [-0.1, -0.05) is 24.6 Å². The SMILES string of the molecule is CCCn1ncnc1CC(N)c1cc(C)ccc1OC. The van der Waals surface area contributed by atoms with Crippen LogP contribution in [0.15, 0.2) is 24.5 Å². The first kappa shape index (κ1) is 14.5. The minimum Gasteiger partial charge on any atom is -0.496 e. The summed E-state index contributed by atoms with van der Waals surface area (Å²) in [7, 11) is 1.67. The summed E-state index contributed by atoms with van der Waals surface area (Å²) >= 11 is 0. The number of hydrogen-bond donors (Lipinski definition) is 1. The van der Waals surface area contributed by atoms with E-state index in [4.69, 9.17) is 10.5 Å². The molecular formula is C15H22N4O. The fourth-order valence-electron chi connectivity index (χ4n) is 2.29. The predicted octanol–water partition coefficient (Wildman–Crippen LogP) is 2.25. The van der Waals surface area contributed by atoms with E-state index in [0.717, 1.165) is 30.1 Å². The van der Waals surface area contributed by atoms with E-state index in [1.807, 2.05) is 16.8 Å². The fraction of sp³-hybridized carbons (Fsp3) is 0.467. The fourth-order valence-corrected chi connectivity index (χ4v) is 2.29. The first-order valence-electron chi connectivity index (χ1n) is 6.92. The average molecular weight is 274 g/mol. The Labute approximate surface area is 119 Å². The number of benzene rings is 1. The zero-order valence-electron chi connectivity index (χ0n) is 12.3. The van der Waals surface area contributed by atoms with Crippen molar-refractivity contribution in [3.63, 3.8) is 0 Å². The second-order valence-electron chi connectivity index (χ2n) is 4.96. The number of aromatic nitrogens is 3. The molecule has 0 saturated heterocycles. The highest BCUT2D eigenvalue weighted by atomic mass is 16.5. The summed E-state index contributed by atoms with van der Waals surface area (Å²) in [5.74, 6) is 1.74. The number of rotatable bonds is 6. The monoisotopic (exact) mass is 274 g/mol. The van der Waals surface area contributed by atoms with Crippen LogP contribution in [0.25, 0.3) is 0 Å². The number of nitrogens with zero attached hydrogens (tertiary/aromatic N) is 3. The highest BCUT2D eigenvalue weighted by Crippen LogP contribution is 2.26. The molecule has 1 unspecified atom stereocenters. The van der Waals surface area contributed by atoms with Crippen LogP contribution in [0.5, 0.6) is 5.75 Å². The summed E-state index contributed by atoms with van der Waals surface area (Å²) in [4.78, 5) is 4.31. The second kappa shape index (κ2) is 6.52. The Bertz CT molecular complexity index is 565. The molecule has 1 heterocycles. The van der Waals surface area contributed by atoms with Gasteiger partial charge in [-0.15, -0.1) is 0 Å². The van der Waals surface area contributed by atoms with Crippen molar-refractivity contribution >= 4 is 0 Å². The Hall–Kier alpha value is -1.88. The van der Waals surface area contributed by atoms with Gasteiger partial charge in [-0.3, -0.25) is 4.68 Å². The van der Waals surface area contributed by atoms with Crippen molar-refractivity contribution in [2.24, 2.45) is 5.73 Å². The summed E-state index contributed by atoms with van der Waals surface area (Å²) in [6.07, 6.45) is 3.27. The average Bonchev–Trinajstić information content (AvgIpc) is 2.86. The minimum absolute atomic E-state index is 0.148. The number of aryl methyl sites for hydroxylation is 2. The van der Waals surface area contributed by atoms with E-state index in [1.54, 1.807) is 13.4 Å². The van der Waals surface area contributed by atoms with Gasteiger partial charge in [0.05, 0.1) is 7.11 Å². The molecule has 1 aromatic carbocycles. The van der Waals surface area contributed by atoms with E-state index in [1.165, 1.54) is 5.56 Å². The largest absolute Gasteiger partial charge is 0.496 e. The van der Waals surface area contributed by atoms with Gasteiger partial charge in [0, 0.05) is 24.6 Å². The van der Waals surface area contributed by atoms with Crippen LogP contribution < -0.4 is 10.5 Å². The molecule has 0 aliphatic rings.